The summed E-state index contributed by atoms with van der Waals surface area (Å²) in [5, 5.41) is 2.97. The largest absolute Gasteiger partial charge is 0.497 e. The lowest BCUT2D eigenvalue weighted by Gasteiger charge is -2.33. The van der Waals surface area contributed by atoms with Gasteiger partial charge < -0.3 is 14.8 Å². The number of carbonyl (C=O) groups excluding carboxylic acids is 1. The van der Waals surface area contributed by atoms with Gasteiger partial charge in [-0.3, -0.25) is 9.69 Å². The molecule has 1 aliphatic rings. The molecule has 1 amide bonds. The van der Waals surface area contributed by atoms with Crippen molar-refractivity contribution in [2.24, 2.45) is 0 Å². The molecule has 2 aromatic carbocycles. The molecule has 0 radical (unpaired) electrons. The standard InChI is InChI=1S/C21H26N2O3/c1-16(23-12-11-17-5-3-4-6-18(17)14-23)13-22-21(24)15-26-20-9-7-19(25-2)8-10-20/h3-10,16H,11-15H2,1-2H3,(H,22,24). The van der Waals surface area contributed by atoms with Crippen molar-refractivity contribution in [1.82, 2.24) is 10.2 Å². The van der Waals surface area contributed by atoms with E-state index in [0.29, 0.717) is 12.3 Å². The van der Waals surface area contributed by atoms with E-state index in [1.54, 1.807) is 19.2 Å². The molecular weight excluding hydrogens is 328 g/mol. The molecule has 5 nitrogen and oxygen atoms in total. The predicted molar refractivity (Wildman–Crippen MR) is 102 cm³/mol. The maximum Gasteiger partial charge on any atom is 0.257 e. The summed E-state index contributed by atoms with van der Waals surface area (Å²) in [5.41, 5.74) is 2.83. The van der Waals surface area contributed by atoms with Crippen LogP contribution in [0.25, 0.3) is 0 Å². The van der Waals surface area contributed by atoms with Crippen LogP contribution in [0.1, 0.15) is 18.1 Å². The van der Waals surface area contributed by atoms with E-state index in [2.05, 4.69) is 41.4 Å². The molecule has 0 aromatic heterocycles. The number of hydrogen-bond donors (Lipinski definition) is 1. The summed E-state index contributed by atoms with van der Waals surface area (Å²) in [6.45, 7) is 4.75. The van der Waals surface area contributed by atoms with Gasteiger partial charge in [0.1, 0.15) is 11.5 Å². The zero-order chi connectivity index (χ0) is 18.4. The summed E-state index contributed by atoms with van der Waals surface area (Å²) in [6, 6.07) is 16.1. The number of amides is 1. The van der Waals surface area contributed by atoms with Gasteiger partial charge in [0.05, 0.1) is 7.11 Å². The third-order valence-electron chi connectivity index (χ3n) is 4.81. The fourth-order valence-corrected chi connectivity index (χ4v) is 3.16. The third kappa shape index (κ3) is 4.76. The van der Waals surface area contributed by atoms with Gasteiger partial charge in [-0.1, -0.05) is 24.3 Å². The van der Waals surface area contributed by atoms with Crippen molar-refractivity contribution in [2.75, 3.05) is 26.8 Å². The van der Waals surface area contributed by atoms with Crippen molar-refractivity contribution < 1.29 is 14.3 Å². The van der Waals surface area contributed by atoms with Crippen LogP contribution >= 0.6 is 0 Å². The van der Waals surface area contributed by atoms with Crippen molar-refractivity contribution in [3.05, 3.63) is 59.7 Å². The van der Waals surface area contributed by atoms with Gasteiger partial charge in [-0.15, -0.1) is 0 Å². The molecule has 1 heterocycles. The Kier molecular flexibility index (Phi) is 6.12. The Balaban J connectivity index is 1.41. The number of hydrogen-bond acceptors (Lipinski definition) is 4. The van der Waals surface area contributed by atoms with E-state index in [9.17, 15) is 4.79 Å². The van der Waals surface area contributed by atoms with Gasteiger partial charge in [-0.2, -0.15) is 0 Å². The molecule has 0 fully saturated rings. The van der Waals surface area contributed by atoms with Crippen LogP contribution in [0.3, 0.4) is 0 Å². The van der Waals surface area contributed by atoms with E-state index >= 15 is 0 Å². The topological polar surface area (TPSA) is 50.8 Å². The maximum absolute atomic E-state index is 12.0. The van der Waals surface area contributed by atoms with Crippen molar-refractivity contribution in [1.29, 1.82) is 0 Å². The van der Waals surface area contributed by atoms with Crippen molar-refractivity contribution in [3.63, 3.8) is 0 Å². The number of carbonyl (C=O) groups is 1. The summed E-state index contributed by atoms with van der Waals surface area (Å²) in [5.74, 6) is 1.31. The average Bonchev–Trinajstić information content (AvgIpc) is 2.70. The Hall–Kier alpha value is -2.53. The molecule has 3 rings (SSSR count). The number of ether oxygens (including phenoxy) is 2. The van der Waals surface area contributed by atoms with Gasteiger partial charge in [0, 0.05) is 25.7 Å². The van der Waals surface area contributed by atoms with Gasteiger partial charge in [0.25, 0.3) is 5.91 Å². The quantitative estimate of drug-likeness (QED) is 0.830. The SMILES string of the molecule is COc1ccc(OCC(=O)NCC(C)N2CCc3ccccc3C2)cc1. The Bertz CT molecular complexity index is 730. The van der Waals surface area contributed by atoms with Crippen LogP contribution in [0.4, 0.5) is 0 Å². The monoisotopic (exact) mass is 354 g/mol. The van der Waals surface area contributed by atoms with E-state index in [-0.39, 0.29) is 18.6 Å². The number of rotatable bonds is 7. The second-order valence-corrected chi connectivity index (χ2v) is 6.61. The van der Waals surface area contributed by atoms with Crippen molar-refractivity contribution >= 4 is 5.91 Å². The molecule has 0 spiro atoms. The zero-order valence-corrected chi connectivity index (χ0v) is 15.4. The average molecular weight is 354 g/mol. The van der Waals surface area contributed by atoms with Crippen LogP contribution in [-0.4, -0.2) is 43.7 Å². The minimum absolute atomic E-state index is 0.0158. The molecule has 26 heavy (non-hydrogen) atoms. The first-order valence-electron chi connectivity index (χ1n) is 9.00. The smallest absolute Gasteiger partial charge is 0.257 e. The summed E-state index contributed by atoms with van der Waals surface area (Å²) in [7, 11) is 1.62. The molecule has 1 atom stereocenters. The maximum atomic E-state index is 12.0. The van der Waals surface area contributed by atoms with Gasteiger partial charge in [-0.25, -0.2) is 0 Å². The molecule has 0 saturated heterocycles. The molecule has 1 unspecified atom stereocenters. The number of fused-ring (bicyclic) bond motifs is 1. The Labute approximate surface area is 154 Å². The highest BCUT2D eigenvalue weighted by Gasteiger charge is 2.20. The van der Waals surface area contributed by atoms with Crippen LogP contribution < -0.4 is 14.8 Å². The first kappa shape index (κ1) is 18.3. The fourth-order valence-electron chi connectivity index (χ4n) is 3.16. The van der Waals surface area contributed by atoms with E-state index in [4.69, 9.17) is 9.47 Å². The van der Waals surface area contributed by atoms with E-state index in [0.717, 1.165) is 25.3 Å². The van der Waals surface area contributed by atoms with Gasteiger partial charge >= 0.3 is 0 Å². The molecular formula is C21H26N2O3. The summed E-state index contributed by atoms with van der Waals surface area (Å²) >= 11 is 0. The lowest BCUT2D eigenvalue weighted by Crippen LogP contribution is -2.45. The highest BCUT2D eigenvalue weighted by Crippen LogP contribution is 2.20. The van der Waals surface area contributed by atoms with Crippen LogP contribution in [-0.2, 0) is 17.8 Å². The first-order chi connectivity index (χ1) is 12.7. The summed E-state index contributed by atoms with van der Waals surface area (Å²) < 4.78 is 10.6. The second kappa shape index (κ2) is 8.72. The van der Waals surface area contributed by atoms with Crippen molar-refractivity contribution in [3.8, 4) is 11.5 Å². The Morgan fingerprint density at radius 3 is 2.54 bits per heavy atom. The second-order valence-electron chi connectivity index (χ2n) is 6.61. The predicted octanol–water partition coefficient (Wildman–Crippen LogP) is 2.64. The molecule has 138 valence electrons. The van der Waals surface area contributed by atoms with E-state index < -0.39 is 0 Å². The highest BCUT2D eigenvalue weighted by molar-refractivity contribution is 5.77. The molecule has 0 aliphatic carbocycles. The number of methoxy groups -OCH3 is 1. The first-order valence-corrected chi connectivity index (χ1v) is 9.00. The van der Waals surface area contributed by atoms with E-state index in [1.807, 2.05) is 12.1 Å². The van der Waals surface area contributed by atoms with Crippen molar-refractivity contribution in [2.45, 2.75) is 25.9 Å². The molecule has 2 aromatic rings. The number of benzene rings is 2. The lowest BCUT2D eigenvalue weighted by atomic mass is 9.99. The summed E-state index contributed by atoms with van der Waals surface area (Å²) in [4.78, 5) is 14.5. The third-order valence-corrected chi connectivity index (χ3v) is 4.81. The molecule has 5 heteroatoms. The Morgan fingerprint density at radius 1 is 1.12 bits per heavy atom. The lowest BCUT2D eigenvalue weighted by molar-refractivity contribution is -0.123. The van der Waals surface area contributed by atoms with E-state index in [1.165, 1.54) is 11.1 Å². The fraction of sp³-hybridized carbons (Fsp3) is 0.381. The number of nitrogens with one attached hydrogen (secondary N) is 1. The molecule has 0 bridgehead atoms. The zero-order valence-electron chi connectivity index (χ0n) is 15.4. The summed E-state index contributed by atoms with van der Waals surface area (Å²) in [6.07, 6.45) is 1.06. The van der Waals surface area contributed by atoms with Crippen LogP contribution in [0.15, 0.2) is 48.5 Å². The van der Waals surface area contributed by atoms with Crippen LogP contribution in [0, 0.1) is 0 Å². The minimum atomic E-state index is -0.106. The molecule has 1 N–H and O–H groups in total. The van der Waals surface area contributed by atoms with Gasteiger partial charge in [0.15, 0.2) is 6.61 Å². The van der Waals surface area contributed by atoms with Crippen LogP contribution in [0.5, 0.6) is 11.5 Å². The Morgan fingerprint density at radius 2 is 1.81 bits per heavy atom. The molecule has 0 saturated carbocycles. The normalized spacial score (nSPS) is 15.0. The number of nitrogens with zero attached hydrogens (tertiary/aromatic N) is 1. The van der Waals surface area contributed by atoms with Gasteiger partial charge in [0.2, 0.25) is 0 Å². The highest BCUT2D eigenvalue weighted by atomic mass is 16.5. The van der Waals surface area contributed by atoms with Gasteiger partial charge in [-0.05, 0) is 48.7 Å². The molecule has 1 aliphatic heterocycles. The minimum Gasteiger partial charge on any atom is -0.497 e. The van der Waals surface area contributed by atoms with Crippen LogP contribution in [0.2, 0.25) is 0 Å².